The number of thiophene rings is 1. The average molecular weight is 291 g/mol. The maximum Gasteiger partial charge on any atom is 0.264 e. The largest absolute Gasteiger partial charge is 0.335 e. The van der Waals surface area contributed by atoms with E-state index in [4.69, 9.17) is 5.73 Å². The lowest BCUT2D eigenvalue weighted by molar-refractivity contribution is 0.0600. The molecule has 0 aliphatic carbocycles. The fraction of sp³-hybridized carbons (Fsp3) is 0.533. The van der Waals surface area contributed by atoms with E-state index < -0.39 is 0 Å². The van der Waals surface area contributed by atoms with Crippen LogP contribution in [0.5, 0.6) is 0 Å². The number of nitrogens with two attached hydrogens (primary N) is 1. The van der Waals surface area contributed by atoms with Crippen LogP contribution < -0.4 is 5.73 Å². The second kappa shape index (κ2) is 6.89. The quantitative estimate of drug-likeness (QED) is 0.834. The standard InChI is InChI=1S/C15H21N3OS/c1-12(2)17-8-10-18(11-9-17)15(19)14-6-5-13(20-14)4-3-7-16/h5-6,12H,7-11,16H2,1-2H3. The van der Waals surface area contributed by atoms with Crippen molar-refractivity contribution in [2.24, 2.45) is 5.73 Å². The lowest BCUT2D eigenvalue weighted by Gasteiger charge is -2.36. The first kappa shape index (κ1) is 15.0. The third kappa shape index (κ3) is 3.60. The van der Waals surface area contributed by atoms with Crippen molar-refractivity contribution in [2.75, 3.05) is 32.7 Å². The Morgan fingerprint density at radius 2 is 2.05 bits per heavy atom. The zero-order chi connectivity index (χ0) is 14.5. The molecule has 4 nitrogen and oxygen atoms in total. The normalized spacial score (nSPS) is 16.1. The Morgan fingerprint density at radius 3 is 2.65 bits per heavy atom. The lowest BCUT2D eigenvalue weighted by Crippen LogP contribution is -2.50. The highest BCUT2D eigenvalue weighted by Gasteiger charge is 2.23. The monoisotopic (exact) mass is 291 g/mol. The number of rotatable bonds is 2. The first-order chi connectivity index (χ1) is 9.61. The van der Waals surface area contributed by atoms with E-state index in [9.17, 15) is 4.79 Å². The van der Waals surface area contributed by atoms with Crippen LogP contribution in [0.15, 0.2) is 12.1 Å². The summed E-state index contributed by atoms with van der Waals surface area (Å²) < 4.78 is 0. The van der Waals surface area contributed by atoms with E-state index in [-0.39, 0.29) is 5.91 Å². The van der Waals surface area contributed by atoms with Crippen molar-refractivity contribution in [2.45, 2.75) is 19.9 Å². The molecule has 0 radical (unpaired) electrons. The van der Waals surface area contributed by atoms with Gasteiger partial charge < -0.3 is 10.6 Å². The molecule has 0 spiro atoms. The molecule has 1 amide bonds. The highest BCUT2D eigenvalue weighted by atomic mass is 32.1. The minimum Gasteiger partial charge on any atom is -0.335 e. The first-order valence-electron chi connectivity index (χ1n) is 6.94. The van der Waals surface area contributed by atoms with Crippen LogP contribution in [0.4, 0.5) is 0 Å². The third-order valence-corrected chi connectivity index (χ3v) is 4.45. The Balaban J connectivity index is 1.97. The lowest BCUT2D eigenvalue weighted by atomic mass is 10.2. The van der Waals surface area contributed by atoms with E-state index in [1.165, 1.54) is 11.3 Å². The Hall–Kier alpha value is -1.35. The fourth-order valence-electron chi connectivity index (χ4n) is 2.26. The minimum absolute atomic E-state index is 0.124. The van der Waals surface area contributed by atoms with Gasteiger partial charge in [0.25, 0.3) is 5.91 Å². The molecule has 0 aromatic carbocycles. The van der Waals surface area contributed by atoms with Crippen molar-refractivity contribution in [1.29, 1.82) is 0 Å². The number of hydrogen-bond acceptors (Lipinski definition) is 4. The topological polar surface area (TPSA) is 49.6 Å². The molecule has 1 aliphatic heterocycles. The molecule has 108 valence electrons. The summed E-state index contributed by atoms with van der Waals surface area (Å²) in [5.41, 5.74) is 5.35. The summed E-state index contributed by atoms with van der Waals surface area (Å²) >= 11 is 1.45. The molecule has 1 aromatic heterocycles. The van der Waals surface area contributed by atoms with Gasteiger partial charge in [-0.1, -0.05) is 11.8 Å². The molecule has 0 bridgehead atoms. The Kier molecular flexibility index (Phi) is 5.18. The summed E-state index contributed by atoms with van der Waals surface area (Å²) in [6, 6.07) is 4.31. The van der Waals surface area contributed by atoms with Crippen LogP contribution in [0.25, 0.3) is 0 Å². The molecule has 2 rings (SSSR count). The SMILES string of the molecule is CC(C)N1CCN(C(=O)c2ccc(C#CCN)s2)CC1. The molecular weight excluding hydrogens is 270 g/mol. The zero-order valence-corrected chi connectivity index (χ0v) is 12.9. The number of carbonyl (C=O) groups is 1. The van der Waals surface area contributed by atoms with E-state index >= 15 is 0 Å². The van der Waals surface area contributed by atoms with Gasteiger partial charge in [0.2, 0.25) is 0 Å². The third-order valence-electron chi connectivity index (χ3n) is 3.46. The van der Waals surface area contributed by atoms with E-state index in [1.54, 1.807) is 0 Å². The molecule has 5 heteroatoms. The smallest absolute Gasteiger partial charge is 0.264 e. The Morgan fingerprint density at radius 1 is 1.35 bits per heavy atom. The second-order valence-electron chi connectivity index (χ2n) is 5.09. The summed E-state index contributed by atoms with van der Waals surface area (Å²) in [7, 11) is 0. The number of amides is 1. The second-order valence-corrected chi connectivity index (χ2v) is 6.18. The van der Waals surface area contributed by atoms with Crippen molar-refractivity contribution in [3.8, 4) is 11.8 Å². The average Bonchev–Trinajstić information content (AvgIpc) is 2.93. The van der Waals surface area contributed by atoms with Gasteiger partial charge in [0.15, 0.2) is 0 Å². The predicted molar refractivity (Wildman–Crippen MR) is 82.9 cm³/mol. The van der Waals surface area contributed by atoms with Crippen molar-refractivity contribution < 1.29 is 4.79 Å². The van der Waals surface area contributed by atoms with Gasteiger partial charge in [-0.2, -0.15) is 0 Å². The van der Waals surface area contributed by atoms with Crippen LogP contribution in [-0.2, 0) is 0 Å². The van der Waals surface area contributed by atoms with E-state index in [2.05, 4.69) is 30.6 Å². The zero-order valence-electron chi connectivity index (χ0n) is 12.1. The van der Waals surface area contributed by atoms with E-state index in [0.29, 0.717) is 12.6 Å². The predicted octanol–water partition coefficient (Wildman–Crippen LogP) is 1.22. The Bertz CT molecular complexity index is 519. The molecule has 0 atom stereocenters. The Labute approximate surface area is 124 Å². The fourth-order valence-corrected chi connectivity index (χ4v) is 3.10. The molecular formula is C15H21N3OS. The maximum atomic E-state index is 12.4. The van der Waals surface area contributed by atoms with Crippen molar-refractivity contribution in [3.63, 3.8) is 0 Å². The van der Waals surface area contributed by atoms with Gasteiger partial charge in [0, 0.05) is 32.2 Å². The highest BCUT2D eigenvalue weighted by Crippen LogP contribution is 2.18. The number of piperazine rings is 1. The maximum absolute atomic E-state index is 12.4. The first-order valence-corrected chi connectivity index (χ1v) is 7.75. The molecule has 0 unspecified atom stereocenters. The molecule has 1 saturated heterocycles. The molecule has 1 aromatic rings. The number of hydrogen-bond donors (Lipinski definition) is 1. The molecule has 0 saturated carbocycles. The molecule has 1 aliphatic rings. The minimum atomic E-state index is 0.124. The molecule has 2 N–H and O–H groups in total. The highest BCUT2D eigenvalue weighted by molar-refractivity contribution is 7.14. The van der Waals surface area contributed by atoms with Gasteiger partial charge in [-0.25, -0.2) is 0 Å². The summed E-state index contributed by atoms with van der Waals surface area (Å²) in [4.78, 5) is 18.4. The van der Waals surface area contributed by atoms with Crippen molar-refractivity contribution in [3.05, 3.63) is 21.9 Å². The molecule has 1 fully saturated rings. The van der Waals surface area contributed by atoms with Gasteiger partial charge >= 0.3 is 0 Å². The van der Waals surface area contributed by atoms with Crippen LogP contribution in [-0.4, -0.2) is 54.5 Å². The molecule has 20 heavy (non-hydrogen) atoms. The summed E-state index contributed by atoms with van der Waals surface area (Å²) in [5.74, 6) is 5.90. The van der Waals surface area contributed by atoms with E-state index in [1.807, 2.05) is 17.0 Å². The van der Waals surface area contributed by atoms with Crippen LogP contribution in [0.2, 0.25) is 0 Å². The summed E-state index contributed by atoms with van der Waals surface area (Å²) in [5, 5.41) is 0. The van der Waals surface area contributed by atoms with Gasteiger partial charge in [-0.15, -0.1) is 11.3 Å². The molecule has 2 heterocycles. The van der Waals surface area contributed by atoms with Gasteiger partial charge in [-0.3, -0.25) is 9.69 Å². The number of nitrogens with zero attached hydrogens (tertiary/aromatic N) is 2. The van der Waals surface area contributed by atoms with Gasteiger partial charge in [-0.05, 0) is 26.0 Å². The van der Waals surface area contributed by atoms with Crippen LogP contribution in [0.1, 0.15) is 28.4 Å². The van der Waals surface area contributed by atoms with Gasteiger partial charge in [0.1, 0.15) is 0 Å². The van der Waals surface area contributed by atoms with Crippen LogP contribution in [0.3, 0.4) is 0 Å². The van der Waals surface area contributed by atoms with Crippen LogP contribution in [0, 0.1) is 11.8 Å². The van der Waals surface area contributed by atoms with E-state index in [0.717, 1.165) is 35.9 Å². The van der Waals surface area contributed by atoms with Crippen LogP contribution >= 0.6 is 11.3 Å². The summed E-state index contributed by atoms with van der Waals surface area (Å²) in [6.07, 6.45) is 0. The van der Waals surface area contributed by atoms with Crippen molar-refractivity contribution in [1.82, 2.24) is 9.80 Å². The van der Waals surface area contributed by atoms with Gasteiger partial charge in [0.05, 0.1) is 16.3 Å². The number of carbonyl (C=O) groups excluding carboxylic acids is 1. The summed E-state index contributed by atoms with van der Waals surface area (Å²) in [6.45, 7) is 8.25. The van der Waals surface area contributed by atoms with Crippen molar-refractivity contribution >= 4 is 17.2 Å².